The van der Waals surface area contributed by atoms with Crippen molar-refractivity contribution in [1.29, 1.82) is 0 Å². The number of methoxy groups -OCH3 is 1. The molecule has 0 aromatic rings. The van der Waals surface area contributed by atoms with E-state index in [1.165, 1.54) is 32.8 Å². The number of carbonyl (C=O) groups excluding carboxylic acids is 1. The molecule has 0 unspecified atom stereocenters. The van der Waals surface area contributed by atoms with Gasteiger partial charge in [0.1, 0.15) is 0 Å². The smallest absolute Gasteiger partial charge is 0.311 e. The Kier molecular flexibility index (Phi) is 3.63. The molecule has 0 amide bonds. The first-order chi connectivity index (χ1) is 11.7. The summed E-state index contributed by atoms with van der Waals surface area (Å²) in [5.74, 6) is 1.04. The molecule has 0 radical (unpaired) electrons. The normalized spacial score (nSPS) is 53.2. The number of rotatable bonds is 1. The van der Waals surface area contributed by atoms with Crippen LogP contribution in [0.4, 0.5) is 0 Å². The first-order valence-electron chi connectivity index (χ1n) is 10.0. The van der Waals surface area contributed by atoms with E-state index in [1.54, 1.807) is 0 Å². The second kappa shape index (κ2) is 5.23. The Bertz CT molecular complexity index is 631. The highest BCUT2D eigenvalue weighted by Crippen LogP contribution is 2.73. The highest BCUT2D eigenvalue weighted by atomic mass is 16.5. The van der Waals surface area contributed by atoms with Gasteiger partial charge < -0.3 is 9.94 Å². The Morgan fingerprint density at radius 2 is 1.84 bits per heavy atom. The van der Waals surface area contributed by atoms with Gasteiger partial charge in [0.05, 0.1) is 18.2 Å². The molecule has 0 aromatic heterocycles. The third kappa shape index (κ3) is 2.06. The number of esters is 1. The van der Waals surface area contributed by atoms with Crippen molar-refractivity contribution in [3.05, 3.63) is 0 Å². The maximum Gasteiger partial charge on any atom is 0.311 e. The van der Waals surface area contributed by atoms with Crippen molar-refractivity contribution in [3.63, 3.8) is 0 Å². The topological polar surface area (TPSA) is 58.9 Å². The van der Waals surface area contributed by atoms with Crippen molar-refractivity contribution >= 4 is 11.7 Å². The lowest BCUT2D eigenvalue weighted by Gasteiger charge is -2.64. The molecule has 140 valence electrons. The summed E-state index contributed by atoms with van der Waals surface area (Å²) >= 11 is 0. The summed E-state index contributed by atoms with van der Waals surface area (Å²) in [6.45, 7) is 6.91. The lowest BCUT2D eigenvalue weighted by atomic mass is 9.40. The zero-order valence-corrected chi connectivity index (χ0v) is 16.2. The fourth-order valence-corrected chi connectivity index (χ4v) is 8.16. The third-order valence-corrected chi connectivity index (χ3v) is 9.16. The van der Waals surface area contributed by atoms with Crippen molar-refractivity contribution < 1.29 is 14.7 Å². The monoisotopic (exact) mass is 347 g/mol. The summed E-state index contributed by atoms with van der Waals surface area (Å²) in [5.41, 5.74) is 1.27. The maximum absolute atomic E-state index is 12.7. The van der Waals surface area contributed by atoms with E-state index >= 15 is 0 Å². The van der Waals surface area contributed by atoms with Gasteiger partial charge in [-0.15, -0.1) is 0 Å². The van der Waals surface area contributed by atoms with Crippen LogP contribution in [0.2, 0.25) is 0 Å². The van der Waals surface area contributed by atoms with Gasteiger partial charge in [0.25, 0.3) is 0 Å². The van der Waals surface area contributed by atoms with Crippen LogP contribution in [0.1, 0.15) is 78.6 Å². The molecule has 0 heterocycles. The van der Waals surface area contributed by atoms with Gasteiger partial charge in [-0.3, -0.25) is 4.79 Å². The first-order valence-corrected chi connectivity index (χ1v) is 10.0. The second-order valence-electron chi connectivity index (χ2n) is 10.3. The standard InChI is InChI=1S/C21H33NO3/c1-18-10-6-15-19(2)8-5-9-20(3,17(23)25-4)14(19)7-11-21(15,13-18)12-16(18)22-24/h14-15,24H,5-13H2,1-4H3/b22-16+/t14-,15-,18-,19+,20+,21-/m0/s1. The molecule has 4 aliphatic rings. The van der Waals surface area contributed by atoms with Crippen molar-refractivity contribution in [2.75, 3.05) is 7.11 Å². The van der Waals surface area contributed by atoms with Crippen LogP contribution in [0.5, 0.6) is 0 Å². The SMILES string of the molecule is COC(=O)[C@]1(C)CCC[C@@]2(C)[C@@H]3CC[C@@]4(C)C[C@]3(CC[C@@H]21)C/C4=N\O. The lowest BCUT2D eigenvalue weighted by molar-refractivity contribution is -0.185. The van der Waals surface area contributed by atoms with Crippen LogP contribution in [-0.2, 0) is 9.53 Å². The van der Waals surface area contributed by atoms with Crippen LogP contribution in [0.3, 0.4) is 0 Å². The fraction of sp³-hybridized carbons (Fsp3) is 0.905. The van der Waals surface area contributed by atoms with Crippen molar-refractivity contribution in [1.82, 2.24) is 0 Å². The Hall–Kier alpha value is -1.06. The van der Waals surface area contributed by atoms with E-state index in [0.29, 0.717) is 11.8 Å². The number of nitrogens with zero attached hydrogens (tertiary/aromatic N) is 1. The van der Waals surface area contributed by atoms with Gasteiger partial charge in [-0.1, -0.05) is 25.4 Å². The zero-order valence-electron chi connectivity index (χ0n) is 16.2. The molecule has 4 rings (SSSR count). The van der Waals surface area contributed by atoms with Crippen molar-refractivity contribution in [2.45, 2.75) is 78.6 Å². The minimum atomic E-state index is -0.337. The molecule has 0 aliphatic heterocycles. The molecule has 4 heteroatoms. The molecule has 1 spiro atoms. The summed E-state index contributed by atoms with van der Waals surface area (Å²) in [7, 11) is 1.54. The van der Waals surface area contributed by atoms with E-state index in [9.17, 15) is 10.0 Å². The number of hydrogen-bond donors (Lipinski definition) is 1. The number of fused-ring (bicyclic) bond motifs is 3. The van der Waals surface area contributed by atoms with E-state index in [4.69, 9.17) is 4.74 Å². The van der Waals surface area contributed by atoms with Crippen LogP contribution in [-0.4, -0.2) is 24.0 Å². The van der Waals surface area contributed by atoms with Crippen LogP contribution >= 0.6 is 0 Å². The van der Waals surface area contributed by atoms with E-state index in [2.05, 4.69) is 25.9 Å². The Morgan fingerprint density at radius 1 is 1.12 bits per heavy atom. The molecule has 2 bridgehead atoms. The van der Waals surface area contributed by atoms with Gasteiger partial charge in [0.15, 0.2) is 0 Å². The lowest BCUT2D eigenvalue weighted by Crippen LogP contribution is -2.58. The summed E-state index contributed by atoms with van der Waals surface area (Å²) in [6, 6.07) is 0. The molecule has 4 saturated carbocycles. The van der Waals surface area contributed by atoms with Gasteiger partial charge in [-0.25, -0.2) is 0 Å². The van der Waals surface area contributed by atoms with Gasteiger partial charge >= 0.3 is 5.97 Å². The molecule has 0 saturated heterocycles. The van der Waals surface area contributed by atoms with Crippen molar-refractivity contribution in [2.24, 2.45) is 38.7 Å². The largest absolute Gasteiger partial charge is 0.469 e. The molecule has 4 aliphatic carbocycles. The molecule has 6 atom stereocenters. The summed E-state index contributed by atoms with van der Waals surface area (Å²) in [6.07, 6.45) is 10.0. The minimum Gasteiger partial charge on any atom is -0.469 e. The molecule has 0 aromatic carbocycles. The Labute approximate surface area is 151 Å². The molecule has 4 fully saturated rings. The van der Waals surface area contributed by atoms with E-state index in [1.807, 2.05) is 0 Å². The van der Waals surface area contributed by atoms with E-state index < -0.39 is 0 Å². The van der Waals surface area contributed by atoms with Crippen LogP contribution < -0.4 is 0 Å². The van der Waals surface area contributed by atoms with Crippen molar-refractivity contribution in [3.8, 4) is 0 Å². The number of oxime groups is 1. The quantitative estimate of drug-likeness (QED) is 0.421. The fourth-order valence-electron chi connectivity index (χ4n) is 8.16. The van der Waals surface area contributed by atoms with Gasteiger partial charge in [-0.05, 0) is 81.0 Å². The van der Waals surface area contributed by atoms with Crippen LogP contribution in [0.25, 0.3) is 0 Å². The second-order valence-corrected chi connectivity index (χ2v) is 10.3. The average Bonchev–Trinajstić information content (AvgIpc) is 2.78. The highest BCUT2D eigenvalue weighted by Gasteiger charge is 2.67. The summed E-state index contributed by atoms with van der Waals surface area (Å²) in [5, 5.41) is 13.3. The Balaban J connectivity index is 1.74. The minimum absolute atomic E-state index is 0.0101. The Morgan fingerprint density at radius 3 is 2.52 bits per heavy atom. The number of hydrogen-bond acceptors (Lipinski definition) is 4. The molecule has 25 heavy (non-hydrogen) atoms. The van der Waals surface area contributed by atoms with E-state index in [0.717, 1.165) is 37.8 Å². The van der Waals surface area contributed by atoms with Crippen LogP contribution in [0.15, 0.2) is 5.16 Å². The van der Waals surface area contributed by atoms with Gasteiger partial charge in [-0.2, -0.15) is 0 Å². The molecule has 4 nitrogen and oxygen atoms in total. The van der Waals surface area contributed by atoms with Crippen LogP contribution in [0, 0.1) is 33.5 Å². The predicted octanol–water partition coefficient (Wildman–Crippen LogP) is 4.79. The highest BCUT2D eigenvalue weighted by molar-refractivity contribution is 5.92. The van der Waals surface area contributed by atoms with Gasteiger partial charge in [0, 0.05) is 5.41 Å². The molecular formula is C21H33NO3. The average molecular weight is 347 g/mol. The number of carbonyl (C=O) groups is 1. The molecular weight excluding hydrogens is 314 g/mol. The van der Waals surface area contributed by atoms with E-state index in [-0.39, 0.29) is 27.6 Å². The molecule has 1 N–H and O–H groups in total. The van der Waals surface area contributed by atoms with Gasteiger partial charge in [0.2, 0.25) is 0 Å². The maximum atomic E-state index is 12.7. The number of ether oxygens (including phenoxy) is 1. The first kappa shape index (κ1) is 17.4. The third-order valence-electron chi connectivity index (χ3n) is 9.16. The zero-order chi connectivity index (χ0) is 18.1. The summed E-state index contributed by atoms with van der Waals surface area (Å²) < 4.78 is 5.24. The summed E-state index contributed by atoms with van der Waals surface area (Å²) in [4.78, 5) is 12.7. The predicted molar refractivity (Wildman–Crippen MR) is 96.5 cm³/mol.